The highest BCUT2D eigenvalue weighted by Gasteiger charge is 2.29. The van der Waals surface area contributed by atoms with E-state index in [-0.39, 0.29) is 0 Å². The van der Waals surface area contributed by atoms with E-state index in [1.165, 1.54) is 30.2 Å². The first-order chi connectivity index (χ1) is 8.74. The quantitative estimate of drug-likeness (QED) is 0.815. The number of fused-ring (bicyclic) bond motifs is 1. The number of nitrogens with zero attached hydrogens (tertiary/aromatic N) is 1. The lowest BCUT2D eigenvalue weighted by Crippen LogP contribution is -2.47. The highest BCUT2D eigenvalue weighted by atomic mass is 32.2. The van der Waals surface area contributed by atoms with Crippen molar-refractivity contribution in [1.82, 2.24) is 4.90 Å². The van der Waals surface area contributed by atoms with Gasteiger partial charge < -0.3 is 0 Å². The Morgan fingerprint density at radius 3 is 2.94 bits per heavy atom. The molecule has 3 unspecified atom stereocenters. The SMILES string of the molecule is CC1SCCN(CC2Cc3ccccc3S2)C1C. The first-order valence-corrected chi connectivity index (χ1v) is 8.77. The van der Waals surface area contributed by atoms with Crippen molar-refractivity contribution in [2.75, 3.05) is 18.8 Å². The van der Waals surface area contributed by atoms with Gasteiger partial charge in [0, 0.05) is 40.3 Å². The molecule has 0 radical (unpaired) electrons. The zero-order valence-corrected chi connectivity index (χ0v) is 12.8. The zero-order valence-electron chi connectivity index (χ0n) is 11.1. The second kappa shape index (κ2) is 5.48. The fourth-order valence-electron chi connectivity index (χ4n) is 2.87. The average Bonchev–Trinajstić information content (AvgIpc) is 2.77. The highest BCUT2D eigenvalue weighted by molar-refractivity contribution is 8.00. The highest BCUT2D eigenvalue weighted by Crippen LogP contribution is 2.38. The van der Waals surface area contributed by atoms with E-state index in [0.29, 0.717) is 0 Å². The van der Waals surface area contributed by atoms with Crippen LogP contribution in [0.5, 0.6) is 0 Å². The lowest BCUT2D eigenvalue weighted by Gasteiger charge is -2.38. The Hall–Kier alpha value is -0.120. The van der Waals surface area contributed by atoms with E-state index >= 15 is 0 Å². The molecule has 1 aromatic carbocycles. The van der Waals surface area contributed by atoms with Crippen molar-refractivity contribution in [1.29, 1.82) is 0 Å². The van der Waals surface area contributed by atoms with E-state index in [1.807, 2.05) is 0 Å². The van der Waals surface area contributed by atoms with Crippen molar-refractivity contribution >= 4 is 23.5 Å². The first-order valence-electron chi connectivity index (χ1n) is 6.84. The molecule has 1 aromatic rings. The third-order valence-electron chi connectivity index (χ3n) is 4.17. The van der Waals surface area contributed by atoms with Gasteiger partial charge in [0.25, 0.3) is 0 Å². The fraction of sp³-hybridized carbons (Fsp3) is 0.600. The van der Waals surface area contributed by atoms with Gasteiger partial charge in [-0.05, 0) is 25.0 Å². The van der Waals surface area contributed by atoms with Crippen molar-refractivity contribution in [2.24, 2.45) is 0 Å². The Morgan fingerprint density at radius 2 is 2.11 bits per heavy atom. The minimum Gasteiger partial charge on any atom is -0.298 e. The van der Waals surface area contributed by atoms with Crippen molar-refractivity contribution in [3.63, 3.8) is 0 Å². The Morgan fingerprint density at radius 1 is 1.28 bits per heavy atom. The summed E-state index contributed by atoms with van der Waals surface area (Å²) >= 11 is 4.21. The minimum atomic E-state index is 0.730. The van der Waals surface area contributed by atoms with Crippen LogP contribution in [0.4, 0.5) is 0 Å². The van der Waals surface area contributed by atoms with Crippen LogP contribution in [-0.4, -0.2) is 40.3 Å². The molecule has 2 heterocycles. The summed E-state index contributed by atoms with van der Waals surface area (Å²) < 4.78 is 0. The molecule has 0 bridgehead atoms. The summed E-state index contributed by atoms with van der Waals surface area (Å²) in [5, 5.41) is 1.55. The number of benzene rings is 1. The van der Waals surface area contributed by atoms with Crippen LogP contribution in [0.3, 0.4) is 0 Å². The van der Waals surface area contributed by atoms with E-state index in [2.05, 4.69) is 66.5 Å². The molecular weight excluding hydrogens is 258 g/mol. The fourth-order valence-corrected chi connectivity index (χ4v) is 5.38. The van der Waals surface area contributed by atoms with E-state index in [1.54, 1.807) is 5.56 Å². The first kappa shape index (κ1) is 12.9. The Bertz CT molecular complexity index is 396. The van der Waals surface area contributed by atoms with Gasteiger partial charge in [-0.1, -0.05) is 25.1 Å². The standard InChI is InChI=1S/C15H21NS2/c1-11-12(2)17-8-7-16(11)10-14-9-13-5-3-4-6-15(13)18-14/h3-6,11-12,14H,7-10H2,1-2H3. The third kappa shape index (κ3) is 2.59. The Balaban J connectivity index is 1.62. The minimum absolute atomic E-state index is 0.730. The lowest BCUT2D eigenvalue weighted by atomic mass is 10.1. The van der Waals surface area contributed by atoms with Crippen LogP contribution in [0.15, 0.2) is 29.2 Å². The van der Waals surface area contributed by atoms with E-state index in [9.17, 15) is 0 Å². The molecule has 18 heavy (non-hydrogen) atoms. The largest absolute Gasteiger partial charge is 0.298 e. The molecule has 2 aliphatic rings. The number of rotatable bonds is 2. The van der Waals surface area contributed by atoms with Gasteiger partial charge in [0.15, 0.2) is 0 Å². The average molecular weight is 279 g/mol. The van der Waals surface area contributed by atoms with Crippen molar-refractivity contribution < 1.29 is 0 Å². The summed E-state index contributed by atoms with van der Waals surface area (Å²) in [6.45, 7) is 7.29. The molecule has 0 aliphatic carbocycles. The van der Waals surface area contributed by atoms with Crippen molar-refractivity contribution in [3.05, 3.63) is 29.8 Å². The predicted octanol–water partition coefficient (Wildman–Crippen LogP) is 3.53. The van der Waals surface area contributed by atoms with Gasteiger partial charge in [0.05, 0.1) is 0 Å². The molecule has 98 valence electrons. The molecule has 0 N–H and O–H groups in total. The van der Waals surface area contributed by atoms with E-state index < -0.39 is 0 Å². The van der Waals surface area contributed by atoms with Crippen LogP contribution in [0.1, 0.15) is 19.4 Å². The van der Waals surface area contributed by atoms with E-state index in [0.717, 1.165) is 16.5 Å². The maximum Gasteiger partial charge on any atom is 0.0263 e. The molecule has 1 fully saturated rings. The molecule has 0 amide bonds. The van der Waals surface area contributed by atoms with Gasteiger partial charge >= 0.3 is 0 Å². The van der Waals surface area contributed by atoms with Gasteiger partial charge in [-0.3, -0.25) is 4.90 Å². The van der Waals surface area contributed by atoms with E-state index in [4.69, 9.17) is 0 Å². The third-order valence-corrected chi connectivity index (χ3v) is 6.81. The molecule has 3 heteroatoms. The molecule has 1 saturated heterocycles. The van der Waals surface area contributed by atoms with Crippen LogP contribution in [-0.2, 0) is 6.42 Å². The topological polar surface area (TPSA) is 3.24 Å². The molecule has 0 saturated carbocycles. The lowest BCUT2D eigenvalue weighted by molar-refractivity contribution is 0.214. The van der Waals surface area contributed by atoms with Gasteiger partial charge in [0.2, 0.25) is 0 Å². The Kier molecular flexibility index (Phi) is 3.92. The molecule has 3 atom stereocenters. The predicted molar refractivity (Wildman–Crippen MR) is 82.7 cm³/mol. The molecule has 0 spiro atoms. The Labute approximate surface area is 119 Å². The summed E-state index contributed by atoms with van der Waals surface area (Å²) in [5.74, 6) is 1.30. The van der Waals surface area contributed by atoms with Crippen molar-refractivity contribution in [2.45, 2.75) is 41.7 Å². The second-order valence-electron chi connectivity index (χ2n) is 5.36. The van der Waals surface area contributed by atoms with Crippen LogP contribution in [0, 0.1) is 0 Å². The van der Waals surface area contributed by atoms with Crippen LogP contribution < -0.4 is 0 Å². The second-order valence-corrected chi connectivity index (χ2v) is 8.19. The summed E-state index contributed by atoms with van der Waals surface area (Å²) in [5.41, 5.74) is 1.56. The van der Waals surface area contributed by atoms with Crippen molar-refractivity contribution in [3.8, 4) is 0 Å². The van der Waals surface area contributed by atoms with Crippen LogP contribution in [0.25, 0.3) is 0 Å². The maximum absolute atomic E-state index is 2.70. The zero-order chi connectivity index (χ0) is 12.5. The maximum atomic E-state index is 2.70. The number of hydrogen-bond acceptors (Lipinski definition) is 3. The molecule has 2 aliphatic heterocycles. The molecule has 1 nitrogen and oxygen atoms in total. The number of thioether (sulfide) groups is 2. The monoisotopic (exact) mass is 279 g/mol. The van der Waals surface area contributed by atoms with Gasteiger partial charge in [0.1, 0.15) is 0 Å². The van der Waals surface area contributed by atoms with Crippen LogP contribution in [0.2, 0.25) is 0 Å². The van der Waals surface area contributed by atoms with Gasteiger partial charge in [-0.2, -0.15) is 11.8 Å². The van der Waals surface area contributed by atoms with Gasteiger partial charge in [-0.15, -0.1) is 11.8 Å². The molecular formula is C15H21NS2. The molecule has 3 rings (SSSR count). The normalized spacial score (nSPS) is 32.4. The smallest absolute Gasteiger partial charge is 0.0263 e. The summed E-state index contributed by atoms with van der Waals surface area (Å²) in [7, 11) is 0. The van der Waals surface area contributed by atoms with Gasteiger partial charge in [-0.25, -0.2) is 0 Å². The molecule has 0 aromatic heterocycles. The summed E-state index contributed by atoms with van der Waals surface area (Å²) in [6, 6.07) is 9.63. The van der Waals surface area contributed by atoms with Crippen LogP contribution >= 0.6 is 23.5 Å². The summed E-state index contributed by atoms with van der Waals surface area (Å²) in [6.07, 6.45) is 1.26. The summed E-state index contributed by atoms with van der Waals surface area (Å²) in [4.78, 5) is 4.21. The number of hydrogen-bond donors (Lipinski definition) is 0.